The number of hydrogen-bond donors (Lipinski definition) is 0. The van der Waals surface area contributed by atoms with Crippen LogP contribution in [0, 0.1) is 0 Å². The molecule has 5 nitrogen and oxygen atoms in total. The summed E-state index contributed by atoms with van der Waals surface area (Å²) in [4.78, 5) is 18.3. The average Bonchev–Trinajstić information content (AvgIpc) is 2.85. The van der Waals surface area contributed by atoms with Crippen LogP contribution in [0.4, 0.5) is 10.5 Å². The normalized spacial score (nSPS) is 14.4. The third kappa shape index (κ3) is 5.11. The van der Waals surface area contributed by atoms with Crippen molar-refractivity contribution in [3.05, 3.63) is 102 Å². The molecule has 0 N–H and O–H groups in total. The van der Waals surface area contributed by atoms with E-state index in [1.807, 2.05) is 0 Å². The van der Waals surface area contributed by atoms with Gasteiger partial charge in [0.05, 0.1) is 13.2 Å². The van der Waals surface area contributed by atoms with Crippen molar-refractivity contribution in [2.24, 2.45) is 0 Å². The van der Waals surface area contributed by atoms with Crippen molar-refractivity contribution in [3.63, 3.8) is 0 Å². The average molecular weight is 430 g/mol. The van der Waals surface area contributed by atoms with Gasteiger partial charge in [-0.25, -0.2) is 4.79 Å². The Morgan fingerprint density at radius 1 is 0.875 bits per heavy atom. The first-order chi connectivity index (χ1) is 15.7. The second-order valence-corrected chi connectivity index (χ2v) is 8.24. The molecule has 0 bridgehead atoms. The van der Waals surface area contributed by atoms with Gasteiger partial charge in [0.25, 0.3) is 0 Å². The van der Waals surface area contributed by atoms with Crippen molar-refractivity contribution >= 4 is 11.8 Å². The Bertz CT molecular complexity index is 962. The number of anilines is 1. The second kappa shape index (κ2) is 10.3. The van der Waals surface area contributed by atoms with E-state index in [-0.39, 0.29) is 12.1 Å². The minimum absolute atomic E-state index is 0.264. The van der Waals surface area contributed by atoms with Crippen LogP contribution in [0.5, 0.6) is 0 Å². The maximum atomic E-state index is 11.7. The standard InChI is InChI=1S/C27H31N3O2/c1-28(27(31)32-2)21-22-10-9-15-25(20-22)29-16-18-30(19-17-29)26(23-11-5-3-6-12-23)24-13-7-4-8-14-24/h3-15,20,26H,16-19,21H2,1-2H3. The number of nitrogens with zero attached hydrogens (tertiary/aromatic N) is 3. The predicted octanol–water partition coefficient (Wildman–Crippen LogP) is 4.80. The van der Waals surface area contributed by atoms with Crippen molar-refractivity contribution in [3.8, 4) is 0 Å². The van der Waals surface area contributed by atoms with E-state index in [0.29, 0.717) is 6.54 Å². The molecule has 3 aromatic carbocycles. The van der Waals surface area contributed by atoms with Crippen LogP contribution in [-0.2, 0) is 11.3 Å². The van der Waals surface area contributed by atoms with E-state index in [9.17, 15) is 4.79 Å². The molecule has 1 fully saturated rings. The quantitative estimate of drug-likeness (QED) is 0.564. The number of carbonyl (C=O) groups excluding carboxylic acids is 1. The van der Waals surface area contributed by atoms with Crippen molar-refractivity contribution < 1.29 is 9.53 Å². The summed E-state index contributed by atoms with van der Waals surface area (Å²) in [6.45, 7) is 4.44. The summed E-state index contributed by atoms with van der Waals surface area (Å²) in [5.74, 6) is 0. The highest BCUT2D eigenvalue weighted by molar-refractivity contribution is 5.67. The minimum Gasteiger partial charge on any atom is -0.453 e. The highest BCUT2D eigenvalue weighted by atomic mass is 16.5. The van der Waals surface area contributed by atoms with Crippen molar-refractivity contribution in [1.82, 2.24) is 9.80 Å². The van der Waals surface area contributed by atoms with Crippen molar-refractivity contribution in [1.29, 1.82) is 0 Å². The summed E-state index contributed by atoms with van der Waals surface area (Å²) in [7, 11) is 3.16. The molecule has 1 aliphatic rings. The molecule has 0 unspecified atom stereocenters. The summed E-state index contributed by atoms with van der Waals surface area (Å²) < 4.78 is 4.81. The number of methoxy groups -OCH3 is 1. The third-order valence-corrected chi connectivity index (χ3v) is 6.09. The van der Waals surface area contributed by atoms with Crippen LogP contribution in [0.3, 0.4) is 0 Å². The lowest BCUT2D eigenvalue weighted by molar-refractivity contribution is 0.131. The van der Waals surface area contributed by atoms with Crippen molar-refractivity contribution in [2.45, 2.75) is 12.6 Å². The van der Waals surface area contributed by atoms with Crippen LogP contribution in [0.1, 0.15) is 22.7 Å². The van der Waals surface area contributed by atoms with Crippen molar-refractivity contribution in [2.75, 3.05) is 45.2 Å². The molecule has 166 valence electrons. The lowest BCUT2D eigenvalue weighted by Crippen LogP contribution is -2.48. The highest BCUT2D eigenvalue weighted by Gasteiger charge is 2.26. The van der Waals surface area contributed by atoms with Crippen LogP contribution < -0.4 is 4.90 Å². The molecule has 0 saturated carbocycles. The number of rotatable bonds is 6. The molecule has 1 aliphatic heterocycles. The number of ether oxygens (including phenoxy) is 1. The van der Waals surface area contributed by atoms with Crippen LogP contribution in [0.15, 0.2) is 84.9 Å². The van der Waals surface area contributed by atoms with Gasteiger partial charge in [-0.2, -0.15) is 0 Å². The molecular formula is C27H31N3O2. The smallest absolute Gasteiger partial charge is 0.409 e. The molecule has 3 aromatic rings. The van der Waals surface area contributed by atoms with Gasteiger partial charge < -0.3 is 14.5 Å². The molecule has 32 heavy (non-hydrogen) atoms. The monoisotopic (exact) mass is 429 g/mol. The van der Waals surface area contributed by atoms with E-state index in [0.717, 1.165) is 31.7 Å². The van der Waals surface area contributed by atoms with E-state index in [4.69, 9.17) is 4.74 Å². The molecule has 1 amide bonds. The zero-order chi connectivity index (χ0) is 22.3. The SMILES string of the molecule is COC(=O)N(C)Cc1cccc(N2CCN(C(c3ccccc3)c3ccccc3)CC2)c1. The molecule has 5 heteroatoms. The molecule has 0 spiro atoms. The van der Waals surface area contributed by atoms with Crippen LogP contribution in [0.25, 0.3) is 0 Å². The van der Waals surface area contributed by atoms with E-state index in [1.165, 1.54) is 23.9 Å². The summed E-state index contributed by atoms with van der Waals surface area (Å²) >= 11 is 0. The molecule has 0 aliphatic carbocycles. The molecule has 0 radical (unpaired) electrons. The first kappa shape index (κ1) is 21.9. The molecule has 1 heterocycles. The van der Waals surface area contributed by atoms with Crippen LogP contribution in [-0.4, -0.2) is 56.2 Å². The fourth-order valence-corrected chi connectivity index (χ4v) is 4.47. The van der Waals surface area contributed by atoms with Gasteiger partial charge in [0, 0.05) is 45.5 Å². The van der Waals surface area contributed by atoms with Gasteiger partial charge in [0.15, 0.2) is 0 Å². The Morgan fingerprint density at radius 2 is 1.47 bits per heavy atom. The van der Waals surface area contributed by atoms with E-state index < -0.39 is 0 Å². The Morgan fingerprint density at radius 3 is 2.03 bits per heavy atom. The lowest BCUT2D eigenvalue weighted by Gasteiger charge is -2.40. The fourth-order valence-electron chi connectivity index (χ4n) is 4.47. The lowest BCUT2D eigenvalue weighted by atomic mass is 9.96. The third-order valence-electron chi connectivity index (χ3n) is 6.09. The maximum Gasteiger partial charge on any atom is 0.409 e. The molecule has 4 rings (SSSR count). The predicted molar refractivity (Wildman–Crippen MR) is 129 cm³/mol. The number of hydrogen-bond acceptors (Lipinski definition) is 4. The largest absolute Gasteiger partial charge is 0.453 e. The summed E-state index contributed by atoms with van der Waals surface area (Å²) in [6, 6.07) is 30.3. The zero-order valence-electron chi connectivity index (χ0n) is 18.9. The molecular weight excluding hydrogens is 398 g/mol. The van der Waals surface area contributed by atoms with Gasteiger partial charge in [-0.1, -0.05) is 72.8 Å². The van der Waals surface area contributed by atoms with E-state index in [2.05, 4.69) is 94.7 Å². The van der Waals surface area contributed by atoms with Gasteiger partial charge in [0.1, 0.15) is 0 Å². The number of amides is 1. The number of benzene rings is 3. The Balaban J connectivity index is 1.46. The Labute approximate surface area is 190 Å². The van der Waals surface area contributed by atoms with Crippen LogP contribution in [0.2, 0.25) is 0 Å². The highest BCUT2D eigenvalue weighted by Crippen LogP contribution is 2.30. The first-order valence-corrected chi connectivity index (χ1v) is 11.1. The topological polar surface area (TPSA) is 36.0 Å². The van der Waals surface area contributed by atoms with Gasteiger partial charge >= 0.3 is 6.09 Å². The number of piperazine rings is 1. The Hall–Kier alpha value is -3.31. The minimum atomic E-state index is -0.322. The van der Waals surface area contributed by atoms with Gasteiger partial charge in [0.2, 0.25) is 0 Å². The Kier molecular flexibility index (Phi) is 7.07. The molecule has 0 aromatic heterocycles. The van der Waals surface area contributed by atoms with E-state index in [1.54, 1.807) is 11.9 Å². The summed E-state index contributed by atoms with van der Waals surface area (Å²) in [6.07, 6.45) is -0.322. The van der Waals surface area contributed by atoms with Gasteiger partial charge in [-0.05, 0) is 28.8 Å². The molecule has 1 saturated heterocycles. The van der Waals surface area contributed by atoms with Gasteiger partial charge in [-0.3, -0.25) is 4.90 Å². The first-order valence-electron chi connectivity index (χ1n) is 11.1. The second-order valence-electron chi connectivity index (χ2n) is 8.24. The van der Waals surface area contributed by atoms with Crippen LogP contribution >= 0.6 is 0 Å². The van der Waals surface area contributed by atoms with E-state index >= 15 is 0 Å². The number of carbonyl (C=O) groups is 1. The van der Waals surface area contributed by atoms with Gasteiger partial charge in [-0.15, -0.1) is 0 Å². The maximum absolute atomic E-state index is 11.7. The summed E-state index contributed by atoms with van der Waals surface area (Å²) in [5, 5.41) is 0. The molecule has 0 atom stereocenters. The fraction of sp³-hybridized carbons (Fsp3) is 0.296. The zero-order valence-corrected chi connectivity index (χ0v) is 18.9. The summed E-state index contributed by atoms with van der Waals surface area (Å²) in [5.41, 5.74) is 4.97.